The van der Waals surface area contributed by atoms with Crippen LogP contribution in [0.4, 0.5) is 0 Å². The number of carbonyl (C=O) groups excluding carboxylic acids is 2. The van der Waals surface area contributed by atoms with Crippen molar-refractivity contribution >= 4 is 11.8 Å². The molecule has 0 spiro atoms. The van der Waals surface area contributed by atoms with Crippen molar-refractivity contribution < 1.29 is 19.1 Å². The number of rotatable bonds is 6. The summed E-state index contributed by atoms with van der Waals surface area (Å²) in [7, 11) is 0. The maximum absolute atomic E-state index is 11.8. The van der Waals surface area contributed by atoms with Gasteiger partial charge in [0.15, 0.2) is 5.78 Å². The van der Waals surface area contributed by atoms with E-state index < -0.39 is 5.97 Å². The molecule has 0 aliphatic rings. The Hall–Kier alpha value is -1.84. The van der Waals surface area contributed by atoms with Gasteiger partial charge in [-0.25, -0.2) is 0 Å². The second kappa shape index (κ2) is 6.79. The molecule has 1 aromatic carbocycles. The van der Waals surface area contributed by atoms with Crippen molar-refractivity contribution in [3.63, 3.8) is 0 Å². The van der Waals surface area contributed by atoms with E-state index in [2.05, 4.69) is 0 Å². The van der Waals surface area contributed by atoms with Crippen molar-refractivity contribution in [3.8, 4) is 5.75 Å². The number of Topliss-reactive ketones (excluding diaryl/α,β-unsaturated/α-hetero) is 1. The number of ether oxygens (including phenoxy) is 2. The first kappa shape index (κ1) is 14.2. The number of hydrogen-bond acceptors (Lipinski definition) is 4. The molecule has 4 heteroatoms. The smallest absolute Gasteiger partial charge is 0.313 e. The highest BCUT2D eigenvalue weighted by Gasteiger charge is 2.13. The second-order valence-corrected chi connectivity index (χ2v) is 4.10. The van der Waals surface area contributed by atoms with Crippen molar-refractivity contribution in [1.29, 1.82) is 0 Å². The third-order valence-electron chi connectivity index (χ3n) is 2.14. The average molecular weight is 250 g/mol. The summed E-state index contributed by atoms with van der Waals surface area (Å²) in [5.41, 5.74) is 0.459. The SMILES string of the molecule is CCOC(=O)CC(=O)c1cccc(OC(C)C)c1. The number of esters is 1. The minimum absolute atomic E-state index is 0.0420. The lowest BCUT2D eigenvalue weighted by Crippen LogP contribution is -2.12. The van der Waals surface area contributed by atoms with Gasteiger partial charge in [-0.05, 0) is 32.9 Å². The van der Waals surface area contributed by atoms with E-state index in [1.165, 1.54) is 0 Å². The van der Waals surface area contributed by atoms with Gasteiger partial charge in [0.25, 0.3) is 0 Å². The fourth-order valence-corrected chi connectivity index (χ4v) is 1.46. The van der Waals surface area contributed by atoms with Crippen LogP contribution in [0, 0.1) is 0 Å². The van der Waals surface area contributed by atoms with E-state index in [0.717, 1.165) is 0 Å². The molecule has 0 unspecified atom stereocenters. The van der Waals surface area contributed by atoms with Crippen LogP contribution in [-0.4, -0.2) is 24.5 Å². The quantitative estimate of drug-likeness (QED) is 0.442. The highest BCUT2D eigenvalue weighted by Crippen LogP contribution is 2.16. The van der Waals surface area contributed by atoms with Gasteiger partial charge in [-0.3, -0.25) is 9.59 Å². The molecule has 1 rings (SSSR count). The zero-order valence-electron chi connectivity index (χ0n) is 10.9. The predicted octanol–water partition coefficient (Wildman–Crippen LogP) is 2.61. The predicted molar refractivity (Wildman–Crippen MR) is 67.8 cm³/mol. The molecule has 0 heterocycles. The lowest BCUT2D eigenvalue weighted by molar-refractivity contribution is -0.141. The van der Waals surface area contributed by atoms with Crippen LogP contribution in [0.15, 0.2) is 24.3 Å². The van der Waals surface area contributed by atoms with Gasteiger partial charge in [-0.2, -0.15) is 0 Å². The van der Waals surface area contributed by atoms with E-state index in [1.807, 2.05) is 13.8 Å². The van der Waals surface area contributed by atoms with Gasteiger partial charge in [-0.1, -0.05) is 12.1 Å². The van der Waals surface area contributed by atoms with E-state index in [9.17, 15) is 9.59 Å². The van der Waals surface area contributed by atoms with Crippen LogP contribution in [0.1, 0.15) is 37.6 Å². The van der Waals surface area contributed by atoms with Crippen LogP contribution in [0.2, 0.25) is 0 Å². The third-order valence-corrected chi connectivity index (χ3v) is 2.14. The molecule has 0 aromatic heterocycles. The molecular formula is C14H18O4. The van der Waals surface area contributed by atoms with E-state index in [1.54, 1.807) is 31.2 Å². The van der Waals surface area contributed by atoms with Gasteiger partial charge >= 0.3 is 5.97 Å². The fourth-order valence-electron chi connectivity index (χ4n) is 1.46. The molecule has 0 aliphatic heterocycles. The summed E-state index contributed by atoms with van der Waals surface area (Å²) in [6, 6.07) is 6.81. The Morgan fingerprint density at radius 3 is 2.61 bits per heavy atom. The lowest BCUT2D eigenvalue weighted by atomic mass is 10.1. The first-order chi connectivity index (χ1) is 8.52. The summed E-state index contributed by atoms with van der Waals surface area (Å²) < 4.78 is 10.2. The molecule has 98 valence electrons. The van der Waals surface area contributed by atoms with Gasteiger partial charge in [0.1, 0.15) is 12.2 Å². The van der Waals surface area contributed by atoms with Crippen LogP contribution < -0.4 is 4.74 Å². The normalized spacial score (nSPS) is 10.2. The van der Waals surface area contributed by atoms with Crippen LogP contribution >= 0.6 is 0 Å². The monoisotopic (exact) mass is 250 g/mol. The van der Waals surface area contributed by atoms with Crippen molar-refractivity contribution in [2.24, 2.45) is 0 Å². The topological polar surface area (TPSA) is 52.6 Å². The molecule has 0 atom stereocenters. The van der Waals surface area contributed by atoms with Crippen LogP contribution in [0.25, 0.3) is 0 Å². The molecule has 0 aliphatic carbocycles. The molecule has 0 N–H and O–H groups in total. The number of benzene rings is 1. The first-order valence-corrected chi connectivity index (χ1v) is 5.98. The molecular weight excluding hydrogens is 232 g/mol. The Bertz CT molecular complexity index is 424. The first-order valence-electron chi connectivity index (χ1n) is 5.98. The Morgan fingerprint density at radius 2 is 2.00 bits per heavy atom. The Balaban J connectivity index is 2.71. The Kier molecular flexibility index (Phi) is 5.36. The minimum Gasteiger partial charge on any atom is -0.491 e. The zero-order chi connectivity index (χ0) is 13.5. The van der Waals surface area contributed by atoms with Crippen LogP contribution in [-0.2, 0) is 9.53 Å². The maximum atomic E-state index is 11.8. The summed E-state index contributed by atoms with van der Waals surface area (Å²) in [6.07, 6.45) is -0.195. The van der Waals surface area contributed by atoms with E-state index in [0.29, 0.717) is 11.3 Å². The van der Waals surface area contributed by atoms with Crippen molar-refractivity contribution in [3.05, 3.63) is 29.8 Å². The summed E-state index contributed by atoms with van der Waals surface area (Å²) in [4.78, 5) is 23.0. The number of ketones is 1. The fraction of sp³-hybridized carbons (Fsp3) is 0.429. The van der Waals surface area contributed by atoms with Crippen molar-refractivity contribution in [1.82, 2.24) is 0 Å². The van der Waals surface area contributed by atoms with E-state index in [-0.39, 0.29) is 24.9 Å². The highest BCUT2D eigenvalue weighted by molar-refractivity contribution is 6.06. The summed E-state index contributed by atoms with van der Waals surface area (Å²) in [5.74, 6) is -0.139. The molecule has 0 fully saturated rings. The second-order valence-electron chi connectivity index (χ2n) is 4.10. The molecule has 0 radical (unpaired) electrons. The molecule has 0 amide bonds. The third kappa shape index (κ3) is 4.57. The lowest BCUT2D eigenvalue weighted by Gasteiger charge is -2.10. The van der Waals surface area contributed by atoms with Gasteiger partial charge in [0, 0.05) is 5.56 Å². The minimum atomic E-state index is -0.502. The van der Waals surface area contributed by atoms with Crippen LogP contribution in [0.3, 0.4) is 0 Å². The maximum Gasteiger partial charge on any atom is 0.313 e. The van der Waals surface area contributed by atoms with E-state index >= 15 is 0 Å². The van der Waals surface area contributed by atoms with Gasteiger partial charge in [0.05, 0.1) is 12.7 Å². The van der Waals surface area contributed by atoms with Crippen molar-refractivity contribution in [2.45, 2.75) is 33.3 Å². The zero-order valence-corrected chi connectivity index (χ0v) is 10.9. The number of carbonyl (C=O) groups is 2. The van der Waals surface area contributed by atoms with E-state index in [4.69, 9.17) is 9.47 Å². The van der Waals surface area contributed by atoms with Crippen LogP contribution in [0.5, 0.6) is 5.75 Å². The van der Waals surface area contributed by atoms with Gasteiger partial charge < -0.3 is 9.47 Å². The van der Waals surface area contributed by atoms with Gasteiger partial charge in [-0.15, -0.1) is 0 Å². The largest absolute Gasteiger partial charge is 0.491 e. The summed E-state index contributed by atoms with van der Waals surface area (Å²) in [6.45, 7) is 5.81. The molecule has 0 saturated carbocycles. The van der Waals surface area contributed by atoms with Gasteiger partial charge in [0.2, 0.25) is 0 Å². The van der Waals surface area contributed by atoms with Crippen molar-refractivity contribution in [2.75, 3.05) is 6.61 Å². The summed E-state index contributed by atoms with van der Waals surface area (Å²) >= 11 is 0. The molecule has 18 heavy (non-hydrogen) atoms. The standard InChI is InChI=1S/C14H18O4/c1-4-17-14(16)9-13(15)11-6-5-7-12(8-11)18-10(2)3/h5-8,10H,4,9H2,1-3H3. The number of hydrogen-bond donors (Lipinski definition) is 0. The summed E-state index contributed by atoms with van der Waals surface area (Å²) in [5, 5.41) is 0. The molecule has 0 bridgehead atoms. The Morgan fingerprint density at radius 1 is 1.28 bits per heavy atom. The molecule has 1 aromatic rings. The average Bonchev–Trinajstić information content (AvgIpc) is 2.28. The Labute approximate surface area is 107 Å². The highest BCUT2D eigenvalue weighted by atomic mass is 16.5. The molecule has 0 saturated heterocycles. The molecule has 4 nitrogen and oxygen atoms in total.